The second kappa shape index (κ2) is 16.6. The summed E-state index contributed by atoms with van der Waals surface area (Å²) in [5.41, 5.74) is 1.51. The molecule has 0 heterocycles. The first-order valence-electron chi connectivity index (χ1n) is 7.19. The van der Waals surface area contributed by atoms with Crippen molar-refractivity contribution >= 4 is 11.6 Å². The molecule has 0 unspecified atom stereocenters. The normalized spacial score (nSPS) is 7.63. The zero-order valence-electron chi connectivity index (χ0n) is 13.7. The lowest BCUT2D eigenvalue weighted by Gasteiger charge is -2.07. The van der Waals surface area contributed by atoms with Gasteiger partial charge in [0, 0.05) is 12.6 Å². The van der Waals surface area contributed by atoms with Crippen LogP contribution in [0.1, 0.15) is 61.0 Å². The number of carbonyl (C=O) groups excluding carboxylic acids is 1. The number of rotatable bonds is 2. The minimum Gasteiger partial charge on any atom is -0.326 e. The summed E-state index contributed by atoms with van der Waals surface area (Å²) in [6.45, 7) is 15.4. The molecule has 0 saturated carbocycles. The van der Waals surface area contributed by atoms with Crippen LogP contribution < -0.4 is 5.32 Å². The summed E-state index contributed by atoms with van der Waals surface area (Å²) in [6, 6.07) is 4.41. The van der Waals surface area contributed by atoms with Gasteiger partial charge in [0.15, 0.2) is 0 Å². The first-order valence-corrected chi connectivity index (χ1v) is 7.19. The fourth-order valence-corrected chi connectivity index (χ4v) is 1.16. The zero-order chi connectivity index (χ0) is 15.8. The summed E-state index contributed by atoms with van der Waals surface area (Å²) >= 11 is 0. The number of hydrogen-bond donors (Lipinski definition) is 1. The summed E-state index contributed by atoms with van der Waals surface area (Å²) in [5.74, 6) is -0.513. The second-order valence-electron chi connectivity index (χ2n) is 2.84. The van der Waals surface area contributed by atoms with E-state index in [4.69, 9.17) is 0 Å². The number of benzene rings is 1. The van der Waals surface area contributed by atoms with Crippen molar-refractivity contribution in [3.63, 3.8) is 0 Å². The van der Waals surface area contributed by atoms with Crippen LogP contribution >= 0.6 is 0 Å². The van der Waals surface area contributed by atoms with E-state index in [2.05, 4.69) is 5.32 Å². The quantitative estimate of drug-likeness (QED) is 0.764. The number of hydrogen-bond acceptors (Lipinski definition) is 1. The predicted molar refractivity (Wildman–Crippen MR) is 84.1 cm³/mol. The molecule has 0 bridgehead atoms. The van der Waals surface area contributed by atoms with Gasteiger partial charge >= 0.3 is 0 Å². The van der Waals surface area contributed by atoms with Gasteiger partial charge in [0.25, 0.3) is 0 Å². The predicted octanol–water partition coefficient (Wildman–Crippen LogP) is 5.43. The van der Waals surface area contributed by atoms with Crippen LogP contribution in [0.25, 0.3) is 0 Å². The molecule has 0 saturated heterocycles. The molecular formula is C16H30FNO. The van der Waals surface area contributed by atoms with E-state index in [-0.39, 0.29) is 11.7 Å². The molecule has 1 rings (SSSR count). The van der Waals surface area contributed by atoms with Crippen LogP contribution in [-0.4, -0.2) is 5.91 Å². The number of aryl methyl sites for hydroxylation is 1. The van der Waals surface area contributed by atoms with Crippen LogP contribution in [0.2, 0.25) is 0 Å². The van der Waals surface area contributed by atoms with E-state index in [0.29, 0.717) is 5.69 Å². The Morgan fingerprint density at radius 1 is 1.11 bits per heavy atom. The zero-order valence-corrected chi connectivity index (χ0v) is 13.7. The highest BCUT2D eigenvalue weighted by molar-refractivity contribution is 5.89. The van der Waals surface area contributed by atoms with E-state index in [1.54, 1.807) is 6.07 Å². The van der Waals surface area contributed by atoms with Gasteiger partial charge in [0.2, 0.25) is 5.91 Å². The molecule has 1 aromatic carbocycles. The molecule has 0 atom stereocenters. The smallest absolute Gasteiger partial charge is 0.221 e. The number of halogens is 1. The molecule has 0 aromatic heterocycles. The standard InChI is InChI=1S/C10H12FNO.3C2H6/c1-3-8-4-5-9(11)6-10(8)12-7(2)13;3*1-2/h4-6H,3H2,1-2H3,(H,12,13);3*1-2H3. The van der Waals surface area contributed by atoms with Gasteiger partial charge in [-0.1, -0.05) is 54.5 Å². The first kappa shape index (κ1) is 22.8. The third kappa shape index (κ3) is 11.4. The van der Waals surface area contributed by atoms with Gasteiger partial charge in [0.1, 0.15) is 5.82 Å². The highest BCUT2D eigenvalue weighted by Crippen LogP contribution is 2.17. The van der Waals surface area contributed by atoms with Crippen LogP contribution in [0.4, 0.5) is 10.1 Å². The van der Waals surface area contributed by atoms with Gasteiger partial charge in [-0.3, -0.25) is 4.79 Å². The van der Waals surface area contributed by atoms with E-state index in [1.807, 2.05) is 48.5 Å². The number of nitrogens with one attached hydrogen (secondary N) is 1. The second-order valence-corrected chi connectivity index (χ2v) is 2.84. The SMILES string of the molecule is CC.CC.CC.CCc1ccc(F)cc1NC(C)=O. The van der Waals surface area contributed by atoms with Gasteiger partial charge in [-0.2, -0.15) is 0 Å². The van der Waals surface area contributed by atoms with Crippen molar-refractivity contribution in [2.24, 2.45) is 0 Å². The van der Waals surface area contributed by atoms with E-state index in [0.717, 1.165) is 12.0 Å². The molecule has 0 aliphatic heterocycles. The molecule has 1 amide bonds. The minimum atomic E-state index is -0.332. The molecule has 0 spiro atoms. The monoisotopic (exact) mass is 271 g/mol. The van der Waals surface area contributed by atoms with Gasteiger partial charge in [-0.05, 0) is 24.1 Å². The van der Waals surface area contributed by atoms with Crippen molar-refractivity contribution in [1.82, 2.24) is 0 Å². The average molecular weight is 271 g/mol. The molecule has 3 heteroatoms. The molecule has 19 heavy (non-hydrogen) atoms. The van der Waals surface area contributed by atoms with Gasteiger partial charge in [-0.25, -0.2) is 4.39 Å². The third-order valence-corrected chi connectivity index (χ3v) is 1.76. The van der Waals surface area contributed by atoms with Crippen molar-refractivity contribution < 1.29 is 9.18 Å². The summed E-state index contributed by atoms with van der Waals surface area (Å²) in [7, 11) is 0. The summed E-state index contributed by atoms with van der Waals surface area (Å²) < 4.78 is 12.8. The fraction of sp³-hybridized carbons (Fsp3) is 0.562. The van der Waals surface area contributed by atoms with Crippen molar-refractivity contribution in [3.05, 3.63) is 29.6 Å². The molecule has 112 valence electrons. The van der Waals surface area contributed by atoms with E-state index in [9.17, 15) is 9.18 Å². The van der Waals surface area contributed by atoms with Crippen LogP contribution in [0.5, 0.6) is 0 Å². The third-order valence-electron chi connectivity index (χ3n) is 1.76. The first-order chi connectivity index (χ1) is 9.13. The maximum absolute atomic E-state index is 12.8. The molecule has 0 radical (unpaired) electrons. The van der Waals surface area contributed by atoms with E-state index in [1.165, 1.54) is 19.1 Å². The van der Waals surface area contributed by atoms with Gasteiger partial charge in [-0.15, -0.1) is 0 Å². The Kier molecular flexibility index (Phi) is 19.9. The number of anilines is 1. The molecule has 0 aliphatic carbocycles. The Hall–Kier alpha value is -1.38. The van der Waals surface area contributed by atoms with Crippen molar-refractivity contribution in [2.45, 2.75) is 61.8 Å². The molecule has 2 nitrogen and oxygen atoms in total. The maximum Gasteiger partial charge on any atom is 0.221 e. The molecule has 1 aromatic rings. The van der Waals surface area contributed by atoms with Gasteiger partial charge < -0.3 is 5.32 Å². The summed E-state index contributed by atoms with van der Waals surface area (Å²) in [4.78, 5) is 10.8. The lowest BCUT2D eigenvalue weighted by atomic mass is 10.1. The van der Waals surface area contributed by atoms with Gasteiger partial charge in [0.05, 0.1) is 0 Å². The van der Waals surface area contributed by atoms with Crippen molar-refractivity contribution in [1.29, 1.82) is 0 Å². The lowest BCUT2D eigenvalue weighted by Crippen LogP contribution is -2.08. The minimum absolute atomic E-state index is 0.180. The van der Waals surface area contributed by atoms with E-state index >= 15 is 0 Å². The lowest BCUT2D eigenvalue weighted by molar-refractivity contribution is -0.114. The molecular weight excluding hydrogens is 241 g/mol. The van der Waals surface area contributed by atoms with Crippen LogP contribution in [0.3, 0.4) is 0 Å². The highest BCUT2D eigenvalue weighted by atomic mass is 19.1. The largest absolute Gasteiger partial charge is 0.326 e. The van der Waals surface area contributed by atoms with E-state index < -0.39 is 0 Å². The molecule has 0 aliphatic rings. The Morgan fingerprint density at radius 2 is 1.58 bits per heavy atom. The fourth-order valence-electron chi connectivity index (χ4n) is 1.16. The molecule has 0 fully saturated rings. The highest BCUT2D eigenvalue weighted by Gasteiger charge is 2.03. The summed E-state index contributed by atoms with van der Waals surface area (Å²) in [5, 5.41) is 2.59. The average Bonchev–Trinajstić information content (AvgIpc) is 2.45. The van der Waals surface area contributed by atoms with Crippen molar-refractivity contribution in [2.75, 3.05) is 5.32 Å². The summed E-state index contributed by atoms with van der Waals surface area (Å²) in [6.07, 6.45) is 0.774. The Bertz CT molecular complexity index is 325. The Labute approximate surface area is 118 Å². The van der Waals surface area contributed by atoms with Crippen LogP contribution in [0, 0.1) is 5.82 Å². The topological polar surface area (TPSA) is 29.1 Å². The van der Waals surface area contributed by atoms with Crippen molar-refractivity contribution in [3.8, 4) is 0 Å². The maximum atomic E-state index is 12.8. The van der Waals surface area contributed by atoms with Crippen LogP contribution in [-0.2, 0) is 11.2 Å². The Balaban J connectivity index is -0.000000375. The molecule has 1 N–H and O–H groups in total. The number of carbonyl (C=O) groups is 1. The Morgan fingerprint density at radius 3 is 1.95 bits per heavy atom. The van der Waals surface area contributed by atoms with Crippen LogP contribution in [0.15, 0.2) is 18.2 Å². The number of amides is 1.